The van der Waals surface area contributed by atoms with Crippen LogP contribution in [0.4, 0.5) is 36.3 Å². The van der Waals surface area contributed by atoms with Gasteiger partial charge in [0.2, 0.25) is 5.95 Å². The summed E-state index contributed by atoms with van der Waals surface area (Å²) in [6, 6.07) is 5.01. The number of nitrogens with one attached hydrogen (secondary N) is 3. The Morgan fingerprint density at radius 1 is 1.22 bits per heavy atom. The molecule has 1 aliphatic heterocycles. The molecule has 2 aromatic heterocycles. The number of benzene rings is 1. The average Bonchev–Trinajstić information content (AvgIpc) is 3.09. The molecule has 4 rings (SSSR count). The Balaban J connectivity index is 1.72. The molecule has 13 heteroatoms. The molecule has 0 saturated heterocycles. The lowest BCUT2D eigenvalue weighted by Gasteiger charge is -2.20. The van der Waals surface area contributed by atoms with E-state index in [0.717, 1.165) is 19.4 Å². The lowest BCUT2D eigenvalue weighted by molar-refractivity contribution is -0.143. The Morgan fingerprint density at radius 2 is 2.00 bits per heavy atom. The van der Waals surface area contributed by atoms with E-state index >= 15 is 0 Å². The van der Waals surface area contributed by atoms with E-state index in [2.05, 4.69) is 31.0 Å². The molecule has 3 heterocycles. The molecule has 0 unspecified atom stereocenters. The number of anilines is 4. The molecular formula is C19H17F3N8O2. The number of rotatable bonds is 5. The first-order chi connectivity index (χ1) is 15.1. The van der Waals surface area contributed by atoms with Crippen LogP contribution in [-0.4, -0.2) is 38.1 Å². The number of fused-ring (bicyclic) bond motifs is 1. The highest BCUT2D eigenvalue weighted by molar-refractivity contribution is 6.00. The number of primary amides is 1. The smallest absolute Gasteiger partial charge is 0.365 e. The highest BCUT2D eigenvalue weighted by Crippen LogP contribution is 2.35. The van der Waals surface area contributed by atoms with Gasteiger partial charge in [0.05, 0.1) is 11.9 Å². The van der Waals surface area contributed by atoms with Gasteiger partial charge in [-0.15, -0.1) is 0 Å². The predicted octanol–water partition coefficient (Wildman–Crippen LogP) is 2.10. The SMILES string of the molecule is Cn1ncc(Nc2ncc(C(N)=O)c(Nc3cccc4c3CCNC4=O)n2)c1C(F)(F)F. The van der Waals surface area contributed by atoms with Crippen LogP contribution >= 0.6 is 0 Å². The summed E-state index contributed by atoms with van der Waals surface area (Å²) in [5.74, 6) is -1.30. The second-order valence-electron chi connectivity index (χ2n) is 6.94. The quantitative estimate of drug-likeness (QED) is 0.471. The van der Waals surface area contributed by atoms with Crippen LogP contribution in [-0.2, 0) is 19.6 Å². The maximum absolute atomic E-state index is 13.3. The summed E-state index contributed by atoms with van der Waals surface area (Å²) in [7, 11) is 1.16. The van der Waals surface area contributed by atoms with Crippen LogP contribution in [0.5, 0.6) is 0 Å². The monoisotopic (exact) mass is 446 g/mol. The zero-order valence-corrected chi connectivity index (χ0v) is 16.6. The topological polar surface area (TPSA) is 140 Å². The number of halogens is 3. The molecule has 0 atom stereocenters. The second-order valence-corrected chi connectivity index (χ2v) is 6.94. The largest absolute Gasteiger partial charge is 0.435 e. The van der Waals surface area contributed by atoms with Crippen LogP contribution in [0.2, 0.25) is 0 Å². The van der Waals surface area contributed by atoms with Crippen molar-refractivity contribution < 1.29 is 22.8 Å². The van der Waals surface area contributed by atoms with Gasteiger partial charge in [-0.2, -0.15) is 23.3 Å². The number of hydrogen-bond acceptors (Lipinski definition) is 7. The maximum Gasteiger partial charge on any atom is 0.435 e. The number of aromatic nitrogens is 4. The molecule has 32 heavy (non-hydrogen) atoms. The summed E-state index contributed by atoms with van der Waals surface area (Å²) in [6.07, 6.45) is -2.03. The zero-order chi connectivity index (χ0) is 23.0. The maximum atomic E-state index is 13.3. The number of carbonyl (C=O) groups excluding carboxylic acids is 2. The number of carbonyl (C=O) groups is 2. The molecule has 1 aromatic carbocycles. The third kappa shape index (κ3) is 3.91. The van der Waals surface area contributed by atoms with Gasteiger partial charge in [0.15, 0.2) is 5.69 Å². The van der Waals surface area contributed by atoms with Crippen molar-refractivity contribution in [3.63, 3.8) is 0 Å². The van der Waals surface area contributed by atoms with E-state index < -0.39 is 17.8 Å². The Kier molecular flexibility index (Phi) is 5.16. The van der Waals surface area contributed by atoms with Crippen molar-refractivity contribution in [2.45, 2.75) is 12.6 Å². The van der Waals surface area contributed by atoms with Crippen LogP contribution < -0.4 is 21.7 Å². The third-order valence-corrected chi connectivity index (χ3v) is 4.84. The zero-order valence-electron chi connectivity index (χ0n) is 16.6. The Hall–Kier alpha value is -4.16. The number of nitrogens with zero attached hydrogens (tertiary/aromatic N) is 4. The van der Waals surface area contributed by atoms with Gasteiger partial charge in [0, 0.05) is 31.0 Å². The lowest BCUT2D eigenvalue weighted by atomic mass is 9.98. The van der Waals surface area contributed by atoms with Gasteiger partial charge < -0.3 is 21.7 Å². The van der Waals surface area contributed by atoms with Crippen molar-refractivity contribution >= 4 is 35.0 Å². The molecule has 0 saturated carbocycles. The van der Waals surface area contributed by atoms with Crippen LogP contribution in [0.25, 0.3) is 0 Å². The van der Waals surface area contributed by atoms with Gasteiger partial charge in [-0.05, 0) is 24.1 Å². The molecule has 1 aliphatic rings. The van der Waals surface area contributed by atoms with Crippen molar-refractivity contribution in [1.29, 1.82) is 0 Å². The minimum atomic E-state index is -4.66. The summed E-state index contributed by atoms with van der Waals surface area (Å²) < 4.78 is 40.7. The van der Waals surface area contributed by atoms with Gasteiger partial charge in [-0.3, -0.25) is 14.3 Å². The molecule has 2 amide bonds. The van der Waals surface area contributed by atoms with Crippen LogP contribution in [0.1, 0.15) is 32.0 Å². The Morgan fingerprint density at radius 3 is 2.72 bits per heavy atom. The molecule has 0 spiro atoms. The molecule has 3 aromatic rings. The minimum Gasteiger partial charge on any atom is -0.365 e. The van der Waals surface area contributed by atoms with E-state index in [0.29, 0.717) is 34.5 Å². The van der Waals surface area contributed by atoms with E-state index in [-0.39, 0.29) is 28.9 Å². The first-order valence-corrected chi connectivity index (χ1v) is 9.35. The fourth-order valence-electron chi connectivity index (χ4n) is 3.41. The molecule has 0 fully saturated rings. The van der Waals surface area contributed by atoms with Crippen molar-refractivity contribution in [3.05, 3.63) is 53.0 Å². The van der Waals surface area contributed by atoms with E-state index in [1.165, 1.54) is 0 Å². The first kappa shape index (κ1) is 21.1. The summed E-state index contributed by atoms with van der Waals surface area (Å²) in [6.45, 7) is 0.436. The first-order valence-electron chi connectivity index (χ1n) is 9.35. The normalized spacial score (nSPS) is 13.3. The van der Waals surface area contributed by atoms with Crippen molar-refractivity contribution in [3.8, 4) is 0 Å². The predicted molar refractivity (Wildman–Crippen MR) is 108 cm³/mol. The van der Waals surface area contributed by atoms with E-state index in [1.807, 2.05) is 0 Å². The number of alkyl halides is 3. The average molecular weight is 446 g/mol. The van der Waals surface area contributed by atoms with Crippen LogP contribution in [0.15, 0.2) is 30.6 Å². The third-order valence-electron chi connectivity index (χ3n) is 4.84. The van der Waals surface area contributed by atoms with Gasteiger partial charge in [-0.1, -0.05) is 6.07 Å². The fraction of sp³-hybridized carbons (Fsp3) is 0.211. The molecule has 5 N–H and O–H groups in total. The highest BCUT2D eigenvalue weighted by Gasteiger charge is 2.37. The summed E-state index contributed by atoms with van der Waals surface area (Å²) >= 11 is 0. The number of nitrogens with two attached hydrogens (primary N) is 1. The van der Waals surface area contributed by atoms with Gasteiger partial charge in [0.1, 0.15) is 11.4 Å². The molecule has 0 radical (unpaired) electrons. The lowest BCUT2D eigenvalue weighted by Crippen LogP contribution is -2.32. The van der Waals surface area contributed by atoms with Crippen LogP contribution in [0.3, 0.4) is 0 Å². The van der Waals surface area contributed by atoms with Gasteiger partial charge in [0.25, 0.3) is 11.8 Å². The van der Waals surface area contributed by atoms with Crippen molar-refractivity contribution in [2.24, 2.45) is 12.8 Å². The minimum absolute atomic E-state index is 0.0215. The number of amides is 2. The molecule has 0 bridgehead atoms. The van der Waals surface area contributed by atoms with Gasteiger partial charge in [-0.25, -0.2) is 4.98 Å². The number of aryl methyl sites for hydroxylation is 1. The van der Waals surface area contributed by atoms with E-state index in [9.17, 15) is 22.8 Å². The highest BCUT2D eigenvalue weighted by atomic mass is 19.4. The fourth-order valence-corrected chi connectivity index (χ4v) is 3.41. The molecule has 10 nitrogen and oxygen atoms in total. The standard InChI is InChI=1S/C19H17F3N8O2/c1-30-14(19(20,21)22)13(8-26-30)28-18-25-7-11(15(23)31)16(29-18)27-12-4-2-3-10-9(12)5-6-24-17(10)32/h2-4,7-8H,5-6H2,1H3,(H2,23,31)(H,24,32)(H2,25,27,28,29). The Bertz CT molecular complexity index is 1220. The number of hydrogen-bond donors (Lipinski definition) is 4. The second kappa shape index (κ2) is 7.83. The van der Waals surface area contributed by atoms with E-state index in [4.69, 9.17) is 5.73 Å². The van der Waals surface area contributed by atoms with Gasteiger partial charge >= 0.3 is 6.18 Å². The van der Waals surface area contributed by atoms with E-state index in [1.54, 1.807) is 18.2 Å². The summed E-state index contributed by atoms with van der Waals surface area (Å²) in [5, 5.41) is 11.8. The summed E-state index contributed by atoms with van der Waals surface area (Å²) in [5.41, 5.74) is 5.67. The molecule has 0 aliphatic carbocycles. The van der Waals surface area contributed by atoms with Crippen molar-refractivity contribution in [1.82, 2.24) is 25.1 Å². The Labute approximate surface area is 179 Å². The van der Waals surface area contributed by atoms with Crippen LogP contribution in [0, 0.1) is 0 Å². The van der Waals surface area contributed by atoms with Crippen molar-refractivity contribution in [2.75, 3.05) is 17.2 Å². The summed E-state index contributed by atoms with van der Waals surface area (Å²) in [4.78, 5) is 32.0. The molecule has 166 valence electrons. The molecular weight excluding hydrogens is 429 g/mol.